The van der Waals surface area contributed by atoms with Crippen molar-refractivity contribution in [2.75, 3.05) is 101 Å². The van der Waals surface area contributed by atoms with Gasteiger partial charge >= 0.3 is 6.03 Å². The highest BCUT2D eigenvalue weighted by Gasteiger charge is 2.43. The highest BCUT2D eigenvalue weighted by atomic mass is 16.5. The maximum atomic E-state index is 14.5. The van der Waals surface area contributed by atoms with Crippen LogP contribution in [-0.4, -0.2) is 194 Å². The number of carbonyl (C=O) groups excluding carboxylic acids is 6. The molecule has 2 saturated heterocycles. The molecule has 1 aromatic carbocycles. The molecule has 3 rings (SSSR count). The fourth-order valence-corrected chi connectivity index (χ4v) is 10.1. The molecule has 19 nitrogen and oxygen atoms in total. The summed E-state index contributed by atoms with van der Waals surface area (Å²) in [7, 11) is 8.51. The largest absolute Gasteiger partial charge is 0.379 e. The van der Waals surface area contributed by atoms with Gasteiger partial charge in [0, 0.05) is 53.9 Å². The van der Waals surface area contributed by atoms with Crippen molar-refractivity contribution in [3.63, 3.8) is 0 Å². The van der Waals surface area contributed by atoms with Crippen LogP contribution in [0.15, 0.2) is 30.3 Å². The smallest absolute Gasteiger partial charge is 0.314 e. The van der Waals surface area contributed by atoms with Crippen LogP contribution in [0.2, 0.25) is 0 Å². The Morgan fingerprint density at radius 3 is 1.97 bits per heavy atom. The number of rotatable bonds is 32. The molecule has 2 fully saturated rings. The van der Waals surface area contributed by atoms with E-state index in [2.05, 4.69) is 31.9 Å². The van der Waals surface area contributed by atoms with Crippen molar-refractivity contribution in [3.8, 4) is 0 Å². The highest BCUT2D eigenvalue weighted by Crippen LogP contribution is 2.30. The van der Waals surface area contributed by atoms with Crippen LogP contribution in [-0.2, 0) is 49.3 Å². The zero-order chi connectivity index (χ0) is 53.3. The van der Waals surface area contributed by atoms with Gasteiger partial charge in [0.05, 0.1) is 69.1 Å². The van der Waals surface area contributed by atoms with E-state index in [-0.39, 0.29) is 79.3 Å². The summed E-state index contributed by atoms with van der Waals surface area (Å²) >= 11 is 0. The van der Waals surface area contributed by atoms with Crippen molar-refractivity contribution in [1.82, 2.24) is 46.6 Å². The Morgan fingerprint density at radius 1 is 0.764 bits per heavy atom. The molecule has 9 atom stereocenters. The van der Waals surface area contributed by atoms with Gasteiger partial charge in [-0.25, -0.2) is 4.79 Å². The van der Waals surface area contributed by atoms with Crippen molar-refractivity contribution < 1.29 is 47.7 Å². The Hall–Kier alpha value is -4.40. The molecular weight excluding hydrogens is 923 g/mol. The van der Waals surface area contributed by atoms with Crippen LogP contribution in [0.4, 0.5) is 4.79 Å². The molecule has 0 saturated carbocycles. The Labute approximate surface area is 431 Å². The van der Waals surface area contributed by atoms with Crippen molar-refractivity contribution in [2.45, 2.75) is 136 Å². The predicted molar refractivity (Wildman–Crippen MR) is 279 cm³/mol. The second kappa shape index (κ2) is 32.7. The lowest BCUT2D eigenvalue weighted by Gasteiger charge is -2.41. The van der Waals surface area contributed by atoms with Gasteiger partial charge in [-0.1, -0.05) is 85.2 Å². The first-order valence-corrected chi connectivity index (χ1v) is 26.4. The second-order valence-electron chi connectivity index (χ2n) is 20.6. The van der Waals surface area contributed by atoms with E-state index < -0.39 is 48.3 Å². The molecule has 0 spiro atoms. The van der Waals surface area contributed by atoms with Crippen molar-refractivity contribution >= 4 is 35.6 Å². The molecule has 0 radical (unpaired) electrons. The third-order valence-electron chi connectivity index (χ3n) is 14.3. The number of methoxy groups -OCH3 is 2. The molecule has 6 N–H and O–H groups in total. The monoisotopic (exact) mass is 1020 g/mol. The van der Waals surface area contributed by atoms with Crippen LogP contribution < -0.4 is 31.9 Å². The Kier molecular flexibility index (Phi) is 28.1. The van der Waals surface area contributed by atoms with Gasteiger partial charge in [0.25, 0.3) is 0 Å². The molecular formula is C53H93N9O10. The molecule has 2 aliphatic rings. The number of urea groups is 1. The molecule has 7 amide bonds. The van der Waals surface area contributed by atoms with Crippen LogP contribution in [0.5, 0.6) is 0 Å². The minimum absolute atomic E-state index is 0.0159. The fraction of sp³-hybridized carbons (Fsp3) is 0.774. The van der Waals surface area contributed by atoms with Gasteiger partial charge in [0.15, 0.2) is 0 Å². The Bertz CT molecular complexity index is 1780. The first kappa shape index (κ1) is 61.9. The Morgan fingerprint density at radius 2 is 1.40 bits per heavy atom. The first-order valence-electron chi connectivity index (χ1n) is 26.4. The second-order valence-corrected chi connectivity index (χ2v) is 20.6. The van der Waals surface area contributed by atoms with Crippen molar-refractivity contribution in [2.24, 2.45) is 29.6 Å². The summed E-state index contributed by atoms with van der Waals surface area (Å²) in [4.78, 5) is 87.6. The zero-order valence-electron chi connectivity index (χ0n) is 45.8. The van der Waals surface area contributed by atoms with E-state index in [1.54, 1.807) is 30.9 Å². The van der Waals surface area contributed by atoms with E-state index in [1.807, 2.05) is 90.9 Å². The number of amides is 7. The van der Waals surface area contributed by atoms with E-state index in [1.165, 1.54) is 7.11 Å². The molecule has 72 heavy (non-hydrogen) atoms. The normalized spacial score (nSPS) is 18.7. The summed E-state index contributed by atoms with van der Waals surface area (Å²) < 4.78 is 23.4. The standard InChI is InChI=1S/C53H93N9O10/c1-13-37(6)47(61(10)52(67)45(35(2)3)59-51(66)46(36(4)5)60(8)9)43(69-11)33-44(63)62-27-17-20-42(62)48(70-12)38(7)49(64)58-41(32-39-18-15-14-16-19-39)50(65)55-25-28-71-30-31-72-29-26-56-53(68)57-34-40-21-23-54-24-22-40/h14-16,18-19,35-38,40-43,45-48,54H,13,17,20-34H2,1-12H3,(H,55,65)(H,58,64)(H,59,66)(H2,56,57,68)/t37-,38?,41-,42-,43+,45-,46-,47-,48+/m0/s1. The van der Waals surface area contributed by atoms with Crippen molar-refractivity contribution in [1.29, 1.82) is 0 Å². The third kappa shape index (κ3) is 19.8. The van der Waals surface area contributed by atoms with Gasteiger partial charge in [0.1, 0.15) is 12.1 Å². The lowest BCUT2D eigenvalue weighted by molar-refractivity contribution is -0.148. The lowest BCUT2D eigenvalue weighted by Crippen LogP contribution is -2.59. The number of piperidine rings is 1. The topological polar surface area (TPSA) is 221 Å². The van der Waals surface area contributed by atoms with E-state index in [0.29, 0.717) is 64.6 Å². The molecule has 0 bridgehead atoms. The van der Waals surface area contributed by atoms with Crippen molar-refractivity contribution in [3.05, 3.63) is 35.9 Å². The van der Waals surface area contributed by atoms with Gasteiger partial charge < -0.3 is 60.6 Å². The number of hydrogen-bond acceptors (Lipinski definition) is 12. The zero-order valence-corrected chi connectivity index (χ0v) is 45.8. The van der Waals surface area contributed by atoms with Crippen LogP contribution >= 0.6 is 0 Å². The maximum Gasteiger partial charge on any atom is 0.314 e. The van der Waals surface area contributed by atoms with E-state index >= 15 is 0 Å². The number of carbonyl (C=O) groups is 6. The van der Waals surface area contributed by atoms with Gasteiger partial charge in [-0.05, 0) is 82.1 Å². The quantitative estimate of drug-likeness (QED) is 0.0575. The average molecular weight is 1020 g/mol. The van der Waals surface area contributed by atoms with Gasteiger partial charge in [-0.15, -0.1) is 0 Å². The number of likely N-dealkylation sites (tertiary alicyclic amines) is 1. The molecule has 0 aliphatic carbocycles. The minimum Gasteiger partial charge on any atom is -0.379 e. The molecule has 0 aromatic heterocycles. The summed E-state index contributed by atoms with van der Waals surface area (Å²) in [5.41, 5.74) is 0.868. The van der Waals surface area contributed by atoms with Crippen LogP contribution in [0.3, 0.4) is 0 Å². The SMILES string of the molecule is CC[C@H](C)[C@@H]([C@@H](CC(=O)N1CCC[C@H]1[C@H](OC)C(C)C(=O)N[C@@H](Cc1ccccc1)C(=O)NCCOCCOCCNC(=O)NCC1CCNCC1)OC)N(C)C(=O)[C@@H](NC(=O)[C@H](C(C)C)N(C)C)C(C)C. The third-order valence-corrected chi connectivity index (χ3v) is 14.3. The van der Waals surface area contributed by atoms with Gasteiger partial charge in [-0.2, -0.15) is 0 Å². The summed E-state index contributed by atoms with van der Waals surface area (Å²) in [6.07, 6.45) is 3.03. The number of benzene rings is 1. The van der Waals surface area contributed by atoms with Crippen LogP contribution in [0.1, 0.15) is 92.6 Å². The molecule has 1 aromatic rings. The van der Waals surface area contributed by atoms with Gasteiger partial charge in [-0.3, -0.25) is 28.9 Å². The number of ether oxygens (including phenoxy) is 4. The molecule has 19 heteroatoms. The molecule has 2 aliphatic heterocycles. The first-order chi connectivity index (χ1) is 34.4. The number of hydrogen-bond donors (Lipinski definition) is 6. The number of nitrogens with zero attached hydrogens (tertiary/aromatic N) is 3. The summed E-state index contributed by atoms with van der Waals surface area (Å²) in [5.74, 6) is -1.88. The average Bonchev–Trinajstić information content (AvgIpc) is 3.84. The fourth-order valence-electron chi connectivity index (χ4n) is 10.1. The van der Waals surface area contributed by atoms with E-state index in [4.69, 9.17) is 18.9 Å². The number of nitrogens with one attached hydrogen (secondary N) is 6. The van der Waals surface area contributed by atoms with Crippen LogP contribution in [0, 0.1) is 29.6 Å². The van der Waals surface area contributed by atoms with E-state index in [9.17, 15) is 28.8 Å². The summed E-state index contributed by atoms with van der Waals surface area (Å²) in [6.45, 7) is 18.5. The van der Waals surface area contributed by atoms with E-state index in [0.717, 1.165) is 31.5 Å². The summed E-state index contributed by atoms with van der Waals surface area (Å²) in [6, 6.07) is 6.21. The minimum atomic E-state index is -0.901. The molecule has 1 unspecified atom stereocenters. The molecule has 410 valence electrons. The maximum absolute atomic E-state index is 14.5. The van der Waals surface area contributed by atoms with Gasteiger partial charge in [0.2, 0.25) is 29.5 Å². The number of likely N-dealkylation sites (N-methyl/N-ethyl adjacent to an activating group) is 2. The predicted octanol–water partition coefficient (Wildman–Crippen LogP) is 2.81. The summed E-state index contributed by atoms with van der Waals surface area (Å²) in [5, 5.41) is 18.0. The lowest BCUT2D eigenvalue weighted by atomic mass is 9.89. The highest BCUT2D eigenvalue weighted by molar-refractivity contribution is 5.91. The van der Waals surface area contributed by atoms with Crippen LogP contribution in [0.25, 0.3) is 0 Å². The Balaban J connectivity index is 1.60. The molecule has 2 heterocycles.